The third-order valence-corrected chi connectivity index (χ3v) is 4.55. The predicted octanol–water partition coefficient (Wildman–Crippen LogP) is 4.93. The van der Waals surface area contributed by atoms with Crippen LogP contribution in [0, 0.1) is 0 Å². The van der Waals surface area contributed by atoms with Crippen molar-refractivity contribution in [3.63, 3.8) is 0 Å². The molecule has 1 amide bonds. The van der Waals surface area contributed by atoms with Crippen molar-refractivity contribution < 1.29 is 19.1 Å². The van der Waals surface area contributed by atoms with E-state index in [-0.39, 0.29) is 5.97 Å². The molecule has 1 unspecified atom stereocenters. The third-order valence-electron chi connectivity index (χ3n) is 3.91. The molecule has 0 radical (unpaired) electrons. The van der Waals surface area contributed by atoms with Crippen molar-refractivity contribution in [2.45, 2.75) is 84.1 Å². The summed E-state index contributed by atoms with van der Waals surface area (Å²) in [5.74, 6) is 0.430. The zero-order valence-corrected chi connectivity index (χ0v) is 17.1. The van der Waals surface area contributed by atoms with Gasteiger partial charge < -0.3 is 14.8 Å². The van der Waals surface area contributed by atoms with Crippen molar-refractivity contribution in [1.82, 2.24) is 5.32 Å². The van der Waals surface area contributed by atoms with Gasteiger partial charge in [0, 0.05) is 0 Å². The van der Waals surface area contributed by atoms with Gasteiger partial charge in [0.2, 0.25) is 0 Å². The summed E-state index contributed by atoms with van der Waals surface area (Å²) in [6.45, 7) is 5.05. The summed E-state index contributed by atoms with van der Waals surface area (Å²) < 4.78 is 10.4. The highest BCUT2D eigenvalue weighted by Crippen LogP contribution is 2.08. The molecule has 0 aromatic heterocycles. The van der Waals surface area contributed by atoms with Crippen LogP contribution < -0.4 is 5.32 Å². The quantitative estimate of drug-likeness (QED) is 0.306. The molecule has 0 saturated carbocycles. The van der Waals surface area contributed by atoms with Gasteiger partial charge in [0.25, 0.3) is 0 Å². The molecule has 0 aliphatic carbocycles. The number of carbonyl (C=O) groups is 2. The summed E-state index contributed by atoms with van der Waals surface area (Å²) in [4.78, 5) is 23.9. The minimum Gasteiger partial charge on any atom is -0.464 e. The topological polar surface area (TPSA) is 64.6 Å². The van der Waals surface area contributed by atoms with Gasteiger partial charge in [-0.2, -0.15) is 11.8 Å². The minimum atomic E-state index is -0.619. The molecule has 1 atom stereocenters. The third kappa shape index (κ3) is 15.1. The first-order chi connectivity index (χ1) is 12.2. The van der Waals surface area contributed by atoms with E-state index in [4.69, 9.17) is 9.47 Å². The summed E-state index contributed by atoms with van der Waals surface area (Å²) in [5.41, 5.74) is 0. The zero-order valence-electron chi connectivity index (χ0n) is 16.3. The van der Waals surface area contributed by atoms with Crippen LogP contribution in [0.15, 0.2) is 0 Å². The molecule has 0 bridgehead atoms. The summed E-state index contributed by atoms with van der Waals surface area (Å²) in [6.07, 6.45) is 12.0. The fourth-order valence-electron chi connectivity index (χ4n) is 2.31. The maximum Gasteiger partial charge on any atom is 0.407 e. The van der Waals surface area contributed by atoms with Crippen LogP contribution in [0.3, 0.4) is 0 Å². The van der Waals surface area contributed by atoms with E-state index in [1.807, 2.05) is 13.2 Å². The number of ether oxygens (including phenoxy) is 2. The Hall–Kier alpha value is -0.910. The van der Waals surface area contributed by atoms with E-state index in [1.165, 1.54) is 32.1 Å². The second-order valence-electron chi connectivity index (χ2n) is 6.26. The first kappa shape index (κ1) is 24.1. The van der Waals surface area contributed by atoms with Gasteiger partial charge in [0.1, 0.15) is 6.04 Å². The van der Waals surface area contributed by atoms with E-state index in [2.05, 4.69) is 12.2 Å². The van der Waals surface area contributed by atoms with Crippen molar-refractivity contribution in [1.29, 1.82) is 0 Å². The number of hydrogen-bond donors (Lipinski definition) is 1. The Morgan fingerprint density at radius 2 is 1.48 bits per heavy atom. The van der Waals surface area contributed by atoms with Crippen molar-refractivity contribution in [3.8, 4) is 0 Å². The molecular weight excluding hydrogens is 338 g/mol. The van der Waals surface area contributed by atoms with Crippen molar-refractivity contribution in [2.75, 3.05) is 25.2 Å². The van der Waals surface area contributed by atoms with Crippen LogP contribution in [0.25, 0.3) is 0 Å². The molecule has 148 valence electrons. The van der Waals surface area contributed by atoms with E-state index < -0.39 is 12.1 Å². The molecule has 0 rings (SSSR count). The first-order valence-corrected chi connectivity index (χ1v) is 11.1. The zero-order chi connectivity index (χ0) is 18.8. The highest BCUT2D eigenvalue weighted by molar-refractivity contribution is 7.98. The van der Waals surface area contributed by atoms with Crippen LogP contribution in [-0.4, -0.2) is 43.3 Å². The first-order valence-electron chi connectivity index (χ1n) is 9.74. The van der Waals surface area contributed by atoms with Crippen LogP contribution >= 0.6 is 11.8 Å². The van der Waals surface area contributed by atoms with Crippen molar-refractivity contribution in [3.05, 3.63) is 0 Å². The Morgan fingerprint density at radius 1 is 0.880 bits per heavy atom. The van der Waals surface area contributed by atoms with Gasteiger partial charge in [-0.15, -0.1) is 0 Å². The number of esters is 1. The number of unbranched alkanes of at least 4 members (excludes halogenated alkanes) is 7. The summed E-state index contributed by atoms with van der Waals surface area (Å²) >= 11 is 1.64. The molecule has 25 heavy (non-hydrogen) atoms. The fourth-order valence-corrected chi connectivity index (χ4v) is 2.78. The molecule has 0 saturated heterocycles. The van der Waals surface area contributed by atoms with E-state index in [0.29, 0.717) is 19.6 Å². The van der Waals surface area contributed by atoms with Gasteiger partial charge in [-0.1, -0.05) is 58.8 Å². The lowest BCUT2D eigenvalue weighted by molar-refractivity contribution is -0.146. The molecule has 5 nitrogen and oxygen atoms in total. The summed E-state index contributed by atoms with van der Waals surface area (Å²) in [6, 6.07) is -0.619. The molecule has 1 N–H and O–H groups in total. The molecule has 0 aliphatic heterocycles. The second kappa shape index (κ2) is 17.9. The smallest absolute Gasteiger partial charge is 0.407 e. The molecule has 0 aliphatic rings. The van der Waals surface area contributed by atoms with Gasteiger partial charge in [0.15, 0.2) is 0 Å². The lowest BCUT2D eigenvalue weighted by Crippen LogP contribution is -2.42. The van der Waals surface area contributed by atoms with Crippen LogP contribution in [0.4, 0.5) is 4.79 Å². The van der Waals surface area contributed by atoms with E-state index in [9.17, 15) is 9.59 Å². The Bertz CT molecular complexity index is 339. The average Bonchev–Trinajstić information content (AvgIpc) is 2.60. The standard InChI is InChI=1S/C19H37NO4S/c1-4-6-8-9-10-11-12-15-23-18(21)17(13-16-25-3)20-19(22)24-14-7-5-2/h17H,4-16H2,1-3H3,(H,20,22). The number of rotatable bonds is 16. The molecule has 0 aromatic carbocycles. The lowest BCUT2D eigenvalue weighted by atomic mass is 10.1. The number of hydrogen-bond acceptors (Lipinski definition) is 5. The molecule has 0 aromatic rings. The number of alkyl carbamates (subject to hydrolysis) is 1. The molecule has 0 spiro atoms. The monoisotopic (exact) mass is 375 g/mol. The largest absolute Gasteiger partial charge is 0.464 e. The highest BCUT2D eigenvalue weighted by Gasteiger charge is 2.22. The Balaban J connectivity index is 3.99. The summed E-state index contributed by atoms with van der Waals surface area (Å²) in [5, 5.41) is 2.64. The Labute approximate surface area is 158 Å². The normalized spacial score (nSPS) is 11.8. The number of thioether (sulfide) groups is 1. The highest BCUT2D eigenvalue weighted by atomic mass is 32.2. The van der Waals surface area contributed by atoms with Crippen molar-refractivity contribution in [2.24, 2.45) is 0 Å². The maximum atomic E-state index is 12.2. The molecule has 0 heterocycles. The minimum absolute atomic E-state index is 0.354. The molecule has 0 fully saturated rings. The number of carbonyl (C=O) groups excluding carboxylic acids is 2. The van der Waals surface area contributed by atoms with E-state index >= 15 is 0 Å². The van der Waals surface area contributed by atoms with Crippen molar-refractivity contribution >= 4 is 23.8 Å². The van der Waals surface area contributed by atoms with Crippen LogP contribution in [-0.2, 0) is 14.3 Å². The Morgan fingerprint density at radius 3 is 2.12 bits per heavy atom. The van der Waals surface area contributed by atoms with Gasteiger partial charge in [-0.25, -0.2) is 9.59 Å². The fraction of sp³-hybridized carbons (Fsp3) is 0.895. The SMILES string of the molecule is CCCCCCCCCOC(=O)C(CCSC)NC(=O)OCCCC. The number of amides is 1. The predicted molar refractivity (Wildman–Crippen MR) is 105 cm³/mol. The van der Waals surface area contributed by atoms with Crippen LogP contribution in [0.5, 0.6) is 0 Å². The van der Waals surface area contributed by atoms with E-state index in [1.54, 1.807) is 11.8 Å². The molecule has 6 heteroatoms. The van der Waals surface area contributed by atoms with Crippen LogP contribution in [0.1, 0.15) is 78.1 Å². The summed E-state index contributed by atoms with van der Waals surface area (Å²) in [7, 11) is 0. The Kier molecular flexibility index (Phi) is 17.2. The van der Waals surface area contributed by atoms with Gasteiger partial charge >= 0.3 is 12.1 Å². The molecular formula is C19H37NO4S. The maximum absolute atomic E-state index is 12.2. The number of nitrogens with one attached hydrogen (secondary N) is 1. The van der Waals surface area contributed by atoms with Gasteiger partial charge in [-0.05, 0) is 31.3 Å². The van der Waals surface area contributed by atoms with E-state index in [0.717, 1.165) is 31.4 Å². The lowest BCUT2D eigenvalue weighted by Gasteiger charge is -2.17. The van der Waals surface area contributed by atoms with Crippen LogP contribution in [0.2, 0.25) is 0 Å². The second-order valence-corrected chi connectivity index (χ2v) is 7.24. The average molecular weight is 376 g/mol. The van der Waals surface area contributed by atoms with Gasteiger partial charge in [-0.3, -0.25) is 0 Å². The van der Waals surface area contributed by atoms with Gasteiger partial charge in [0.05, 0.1) is 13.2 Å².